The smallest absolute Gasteiger partial charge is 0.213 e. The van der Waals surface area contributed by atoms with Crippen molar-refractivity contribution in [2.45, 2.75) is 19.8 Å². The van der Waals surface area contributed by atoms with Crippen molar-refractivity contribution in [1.29, 1.82) is 0 Å². The maximum absolute atomic E-state index is 10.3. The lowest BCUT2D eigenvalue weighted by molar-refractivity contribution is 0.398. The zero-order chi connectivity index (χ0) is 13.1. The summed E-state index contributed by atoms with van der Waals surface area (Å²) < 4.78 is 5.10. The summed E-state index contributed by atoms with van der Waals surface area (Å²) in [5, 5.41) is 10.3. The van der Waals surface area contributed by atoms with Gasteiger partial charge in [-0.3, -0.25) is 0 Å². The van der Waals surface area contributed by atoms with E-state index < -0.39 is 0 Å². The summed E-state index contributed by atoms with van der Waals surface area (Å²) in [5.41, 5.74) is 2.66. The average Bonchev–Trinajstić information content (AvgIpc) is 2.38. The Morgan fingerprint density at radius 2 is 2.00 bits per heavy atom. The zero-order valence-corrected chi connectivity index (χ0v) is 10.8. The Bertz CT molecular complexity index is 550. The van der Waals surface area contributed by atoms with Crippen molar-refractivity contribution in [3.05, 3.63) is 42.1 Å². The molecular weight excluding hydrogens is 226 g/mol. The minimum atomic E-state index is 0.286. The number of nitrogens with zero attached hydrogens (tertiary/aromatic N) is 1. The van der Waals surface area contributed by atoms with Crippen LogP contribution in [0.3, 0.4) is 0 Å². The number of ether oxygens (including phenoxy) is 1. The monoisotopic (exact) mass is 243 g/mol. The number of phenolic OH excluding ortho intramolecular Hbond substituents is 1. The Labute approximate surface area is 107 Å². The van der Waals surface area contributed by atoms with Crippen molar-refractivity contribution >= 4 is 0 Å². The normalized spacial score (nSPS) is 10.7. The molecule has 3 nitrogen and oxygen atoms in total. The standard InChI is InChI=1S/C15H17NO2/c1-10(2)12-5-4-6-13(15(12)17)11-7-8-16-14(9-11)18-3/h4-10,17H,1-3H3. The molecule has 1 aromatic heterocycles. The third-order valence-electron chi connectivity index (χ3n) is 2.94. The first-order chi connectivity index (χ1) is 8.63. The van der Waals surface area contributed by atoms with Gasteiger partial charge in [0.05, 0.1) is 7.11 Å². The van der Waals surface area contributed by atoms with Gasteiger partial charge in [0.2, 0.25) is 5.88 Å². The number of para-hydroxylation sites is 1. The van der Waals surface area contributed by atoms with E-state index in [1.165, 1.54) is 0 Å². The van der Waals surface area contributed by atoms with Crippen LogP contribution in [0, 0.1) is 0 Å². The van der Waals surface area contributed by atoms with Crippen LogP contribution in [-0.4, -0.2) is 17.2 Å². The molecule has 3 heteroatoms. The molecule has 0 aliphatic carbocycles. The van der Waals surface area contributed by atoms with Crippen molar-refractivity contribution < 1.29 is 9.84 Å². The molecule has 0 radical (unpaired) electrons. The van der Waals surface area contributed by atoms with Gasteiger partial charge < -0.3 is 9.84 Å². The van der Waals surface area contributed by atoms with Gasteiger partial charge in [-0.05, 0) is 23.1 Å². The highest BCUT2D eigenvalue weighted by Gasteiger charge is 2.11. The first kappa shape index (κ1) is 12.4. The highest BCUT2D eigenvalue weighted by atomic mass is 16.5. The Morgan fingerprint density at radius 3 is 2.67 bits per heavy atom. The maximum atomic E-state index is 10.3. The molecule has 0 spiro atoms. The number of phenols is 1. The van der Waals surface area contributed by atoms with Crippen molar-refractivity contribution in [2.24, 2.45) is 0 Å². The van der Waals surface area contributed by atoms with Crippen LogP contribution in [0.5, 0.6) is 11.6 Å². The van der Waals surface area contributed by atoms with Crippen LogP contribution in [0.4, 0.5) is 0 Å². The van der Waals surface area contributed by atoms with Gasteiger partial charge in [0, 0.05) is 17.8 Å². The van der Waals surface area contributed by atoms with Gasteiger partial charge in [0.15, 0.2) is 0 Å². The number of pyridine rings is 1. The fourth-order valence-corrected chi connectivity index (χ4v) is 1.95. The highest BCUT2D eigenvalue weighted by molar-refractivity contribution is 5.72. The topological polar surface area (TPSA) is 42.4 Å². The molecule has 2 rings (SSSR count). The van der Waals surface area contributed by atoms with Gasteiger partial charge in [-0.2, -0.15) is 0 Å². The lowest BCUT2D eigenvalue weighted by atomic mass is 9.96. The molecule has 1 aromatic carbocycles. The molecule has 0 saturated heterocycles. The molecule has 18 heavy (non-hydrogen) atoms. The van der Waals surface area contributed by atoms with Gasteiger partial charge in [0.1, 0.15) is 5.75 Å². The number of hydrogen-bond donors (Lipinski definition) is 1. The Balaban J connectivity index is 2.53. The average molecular weight is 243 g/mol. The van der Waals surface area contributed by atoms with E-state index in [1.54, 1.807) is 13.3 Å². The molecule has 0 aliphatic heterocycles. The van der Waals surface area contributed by atoms with E-state index in [-0.39, 0.29) is 5.92 Å². The summed E-state index contributed by atoms with van der Waals surface area (Å²) in [4.78, 5) is 4.07. The molecule has 0 amide bonds. The van der Waals surface area contributed by atoms with Crippen LogP contribution >= 0.6 is 0 Å². The second-order valence-electron chi connectivity index (χ2n) is 4.48. The molecule has 1 N–H and O–H groups in total. The first-order valence-electron chi connectivity index (χ1n) is 5.95. The van der Waals surface area contributed by atoms with Gasteiger partial charge in [-0.1, -0.05) is 32.0 Å². The second-order valence-corrected chi connectivity index (χ2v) is 4.48. The fourth-order valence-electron chi connectivity index (χ4n) is 1.95. The molecule has 1 heterocycles. The summed E-state index contributed by atoms with van der Waals surface area (Å²) in [7, 11) is 1.58. The Kier molecular flexibility index (Phi) is 3.51. The number of aromatic nitrogens is 1. The van der Waals surface area contributed by atoms with Gasteiger partial charge in [-0.15, -0.1) is 0 Å². The van der Waals surface area contributed by atoms with Crippen LogP contribution in [0.15, 0.2) is 36.5 Å². The minimum Gasteiger partial charge on any atom is -0.507 e. The van der Waals surface area contributed by atoms with E-state index in [1.807, 2.05) is 30.3 Å². The van der Waals surface area contributed by atoms with Crippen molar-refractivity contribution in [1.82, 2.24) is 4.98 Å². The van der Waals surface area contributed by atoms with Crippen LogP contribution in [-0.2, 0) is 0 Å². The van der Waals surface area contributed by atoms with E-state index in [4.69, 9.17) is 4.74 Å². The van der Waals surface area contributed by atoms with Gasteiger partial charge >= 0.3 is 0 Å². The Hall–Kier alpha value is -2.03. The number of benzene rings is 1. The molecule has 0 bridgehead atoms. The molecule has 94 valence electrons. The SMILES string of the molecule is COc1cc(-c2cccc(C(C)C)c2O)ccn1. The summed E-state index contributed by atoms with van der Waals surface area (Å²) in [6, 6.07) is 9.48. The van der Waals surface area contributed by atoms with E-state index in [0.717, 1.165) is 16.7 Å². The van der Waals surface area contributed by atoms with Crippen molar-refractivity contribution in [3.8, 4) is 22.8 Å². The van der Waals surface area contributed by atoms with Crippen LogP contribution in [0.2, 0.25) is 0 Å². The molecule has 0 unspecified atom stereocenters. The predicted octanol–water partition coefficient (Wildman–Crippen LogP) is 3.59. The van der Waals surface area contributed by atoms with Crippen LogP contribution in [0.25, 0.3) is 11.1 Å². The molecule has 0 fully saturated rings. The third kappa shape index (κ3) is 2.30. The number of rotatable bonds is 3. The van der Waals surface area contributed by atoms with Crippen LogP contribution < -0.4 is 4.74 Å². The summed E-state index contributed by atoms with van der Waals surface area (Å²) in [6.45, 7) is 4.12. The predicted molar refractivity (Wildman–Crippen MR) is 72.0 cm³/mol. The minimum absolute atomic E-state index is 0.286. The number of hydrogen-bond acceptors (Lipinski definition) is 3. The summed E-state index contributed by atoms with van der Waals surface area (Å²) >= 11 is 0. The lowest BCUT2D eigenvalue weighted by Crippen LogP contribution is -1.91. The van der Waals surface area contributed by atoms with E-state index in [9.17, 15) is 5.11 Å². The lowest BCUT2D eigenvalue weighted by Gasteiger charge is -2.12. The van der Waals surface area contributed by atoms with Crippen molar-refractivity contribution in [2.75, 3.05) is 7.11 Å². The van der Waals surface area contributed by atoms with Gasteiger partial charge in [0.25, 0.3) is 0 Å². The number of aromatic hydroxyl groups is 1. The van der Waals surface area contributed by atoms with Crippen molar-refractivity contribution in [3.63, 3.8) is 0 Å². The largest absolute Gasteiger partial charge is 0.507 e. The third-order valence-corrected chi connectivity index (χ3v) is 2.94. The number of methoxy groups -OCH3 is 1. The molecule has 0 atom stereocenters. The summed E-state index contributed by atoms with van der Waals surface area (Å²) in [6.07, 6.45) is 1.68. The zero-order valence-electron chi connectivity index (χ0n) is 10.8. The fraction of sp³-hybridized carbons (Fsp3) is 0.267. The van der Waals surface area contributed by atoms with E-state index in [2.05, 4.69) is 18.8 Å². The maximum Gasteiger partial charge on any atom is 0.213 e. The summed E-state index contributed by atoms with van der Waals surface area (Å²) in [5.74, 6) is 1.16. The first-order valence-corrected chi connectivity index (χ1v) is 5.95. The van der Waals surface area contributed by atoms with E-state index in [0.29, 0.717) is 11.6 Å². The molecule has 2 aromatic rings. The highest BCUT2D eigenvalue weighted by Crippen LogP contribution is 2.36. The molecule has 0 saturated carbocycles. The molecule has 0 aliphatic rings. The van der Waals surface area contributed by atoms with Gasteiger partial charge in [-0.25, -0.2) is 4.98 Å². The van der Waals surface area contributed by atoms with E-state index >= 15 is 0 Å². The molecular formula is C15H17NO2. The quantitative estimate of drug-likeness (QED) is 0.895. The van der Waals surface area contributed by atoms with Crippen LogP contribution in [0.1, 0.15) is 25.3 Å². The second kappa shape index (κ2) is 5.08. The Morgan fingerprint density at radius 1 is 1.22 bits per heavy atom.